The molecule has 0 spiro atoms. The molecule has 2 heterocycles. The quantitative estimate of drug-likeness (QED) is 0.865. The fraction of sp³-hybridized carbons (Fsp3) is 0.800. The fourth-order valence-corrected chi connectivity index (χ4v) is 5.13. The van der Waals surface area contributed by atoms with Gasteiger partial charge in [-0.15, -0.1) is 10.2 Å². The Morgan fingerprint density at radius 2 is 1.95 bits per heavy atom. The van der Waals surface area contributed by atoms with Crippen molar-refractivity contribution in [3.8, 4) is 0 Å². The molecule has 1 aliphatic heterocycles. The molecule has 106 valence electrons. The molecule has 0 amide bonds. The molecule has 9 heteroatoms. The minimum Gasteiger partial charge on any atom is -0.346 e. The van der Waals surface area contributed by atoms with Gasteiger partial charge >= 0.3 is 0 Å². The van der Waals surface area contributed by atoms with Crippen LogP contribution in [0, 0.1) is 11.8 Å². The molecule has 1 aliphatic carbocycles. The number of rotatable bonds is 3. The minimum absolute atomic E-state index is 0.0858. The molecule has 1 unspecified atom stereocenters. The summed E-state index contributed by atoms with van der Waals surface area (Å²) in [6.07, 6.45) is 3.39. The highest BCUT2D eigenvalue weighted by atomic mass is 79.9. The predicted octanol–water partition coefficient (Wildman–Crippen LogP) is 1.06. The average molecular weight is 367 g/mol. The summed E-state index contributed by atoms with van der Waals surface area (Å²) in [4.78, 5) is 2.23. The highest BCUT2D eigenvalue weighted by Crippen LogP contribution is 2.39. The third-order valence-corrected chi connectivity index (χ3v) is 5.96. The standard InChI is InChI=1S/C10H15BrN4O2S2/c1-19(16,17)14-8-6-2-3-7(8)5-15(4-6)10-13-12-9(11)18-10/h6-8,14H,2-5H2,1H3/t6-,7+,8?. The monoisotopic (exact) mass is 366 g/mol. The average Bonchev–Trinajstić information content (AvgIpc) is 2.80. The second-order valence-electron chi connectivity index (χ2n) is 5.26. The summed E-state index contributed by atoms with van der Waals surface area (Å²) in [7, 11) is -3.13. The molecule has 2 aliphatic rings. The number of sulfonamides is 1. The van der Waals surface area contributed by atoms with E-state index in [9.17, 15) is 8.42 Å². The first-order valence-corrected chi connectivity index (χ1v) is 9.64. The lowest BCUT2D eigenvalue weighted by molar-refractivity contribution is 0.331. The lowest BCUT2D eigenvalue weighted by Gasteiger charge is -2.37. The number of halogens is 1. The van der Waals surface area contributed by atoms with Crippen molar-refractivity contribution < 1.29 is 8.42 Å². The van der Waals surface area contributed by atoms with Crippen molar-refractivity contribution in [2.75, 3.05) is 24.2 Å². The Bertz CT molecular complexity index is 562. The van der Waals surface area contributed by atoms with Crippen LogP contribution < -0.4 is 9.62 Å². The SMILES string of the molecule is CS(=O)(=O)NC1[C@@H]2CC[C@H]1CN(c1nnc(Br)s1)C2. The molecule has 1 saturated carbocycles. The Morgan fingerprint density at radius 3 is 2.42 bits per heavy atom. The van der Waals surface area contributed by atoms with E-state index in [1.54, 1.807) is 0 Å². The van der Waals surface area contributed by atoms with Gasteiger partial charge in [0.2, 0.25) is 15.2 Å². The highest BCUT2D eigenvalue weighted by Gasteiger charge is 2.43. The number of aromatic nitrogens is 2. The van der Waals surface area contributed by atoms with Gasteiger partial charge in [0.05, 0.1) is 6.26 Å². The van der Waals surface area contributed by atoms with Crippen LogP contribution in [-0.4, -0.2) is 44.0 Å². The Balaban J connectivity index is 1.75. The first-order valence-electron chi connectivity index (χ1n) is 6.13. The van der Waals surface area contributed by atoms with Crippen molar-refractivity contribution in [1.29, 1.82) is 0 Å². The molecule has 0 radical (unpaired) electrons. The molecule has 19 heavy (non-hydrogen) atoms. The molecule has 2 bridgehead atoms. The molecule has 1 aromatic rings. The normalized spacial score (nSPS) is 30.8. The second-order valence-corrected chi connectivity index (χ2v) is 9.27. The third kappa shape index (κ3) is 2.93. The second kappa shape index (κ2) is 4.94. The van der Waals surface area contributed by atoms with E-state index in [0.29, 0.717) is 11.8 Å². The summed E-state index contributed by atoms with van der Waals surface area (Å²) in [5.41, 5.74) is 0. The van der Waals surface area contributed by atoms with Crippen molar-refractivity contribution >= 4 is 42.4 Å². The lowest BCUT2D eigenvalue weighted by atomic mass is 9.93. The van der Waals surface area contributed by atoms with Crippen molar-refractivity contribution in [2.24, 2.45) is 11.8 Å². The zero-order chi connectivity index (χ0) is 13.6. The lowest BCUT2D eigenvalue weighted by Crippen LogP contribution is -2.52. The highest BCUT2D eigenvalue weighted by molar-refractivity contribution is 9.11. The van der Waals surface area contributed by atoms with Crippen molar-refractivity contribution in [3.05, 3.63) is 3.92 Å². The zero-order valence-corrected chi connectivity index (χ0v) is 13.6. The van der Waals surface area contributed by atoms with Gasteiger partial charge in [-0.2, -0.15) is 0 Å². The molecular weight excluding hydrogens is 352 g/mol. The summed E-state index contributed by atoms with van der Waals surface area (Å²) < 4.78 is 26.4. The van der Waals surface area contributed by atoms with E-state index in [0.717, 1.165) is 35.0 Å². The first-order chi connectivity index (χ1) is 8.92. The van der Waals surface area contributed by atoms with Crippen molar-refractivity contribution in [1.82, 2.24) is 14.9 Å². The topological polar surface area (TPSA) is 75.2 Å². The van der Waals surface area contributed by atoms with E-state index in [-0.39, 0.29) is 6.04 Å². The molecule has 1 saturated heterocycles. The van der Waals surface area contributed by atoms with E-state index in [2.05, 4.69) is 35.7 Å². The zero-order valence-electron chi connectivity index (χ0n) is 10.4. The smallest absolute Gasteiger partial charge is 0.209 e. The Kier molecular flexibility index (Phi) is 3.57. The van der Waals surface area contributed by atoms with Crippen LogP contribution in [0.1, 0.15) is 12.8 Å². The van der Waals surface area contributed by atoms with Gasteiger partial charge in [0.15, 0.2) is 3.92 Å². The number of nitrogens with zero attached hydrogens (tertiary/aromatic N) is 3. The summed E-state index contributed by atoms with van der Waals surface area (Å²) in [5.74, 6) is 0.743. The maximum absolute atomic E-state index is 11.4. The van der Waals surface area contributed by atoms with Crippen LogP contribution in [0.5, 0.6) is 0 Å². The fourth-order valence-electron chi connectivity index (χ4n) is 3.14. The summed E-state index contributed by atoms with van der Waals surface area (Å²) in [5, 5.41) is 9.04. The molecule has 1 N–H and O–H groups in total. The van der Waals surface area contributed by atoms with Gasteiger partial charge in [-0.1, -0.05) is 11.3 Å². The van der Waals surface area contributed by atoms with Gasteiger partial charge in [0.1, 0.15) is 0 Å². The van der Waals surface area contributed by atoms with Gasteiger partial charge in [-0.3, -0.25) is 0 Å². The number of hydrogen-bond acceptors (Lipinski definition) is 6. The molecule has 3 atom stereocenters. The molecule has 6 nitrogen and oxygen atoms in total. The van der Waals surface area contributed by atoms with Gasteiger partial charge in [0.25, 0.3) is 0 Å². The Morgan fingerprint density at radius 1 is 1.32 bits per heavy atom. The molecule has 1 aromatic heterocycles. The van der Waals surface area contributed by atoms with E-state index in [1.807, 2.05) is 0 Å². The largest absolute Gasteiger partial charge is 0.346 e. The van der Waals surface area contributed by atoms with Crippen LogP contribution in [-0.2, 0) is 10.0 Å². The number of fused-ring (bicyclic) bond motifs is 2. The van der Waals surface area contributed by atoms with Crippen molar-refractivity contribution in [2.45, 2.75) is 18.9 Å². The number of hydrogen-bond donors (Lipinski definition) is 1. The Labute approximate surface area is 124 Å². The van der Waals surface area contributed by atoms with E-state index < -0.39 is 10.0 Å². The number of anilines is 1. The third-order valence-electron chi connectivity index (χ3n) is 3.84. The molecular formula is C10H15BrN4O2S2. The van der Waals surface area contributed by atoms with Crippen LogP contribution >= 0.6 is 27.3 Å². The molecule has 2 fully saturated rings. The summed E-state index contributed by atoms with van der Waals surface area (Å²) >= 11 is 4.85. The van der Waals surface area contributed by atoms with Gasteiger partial charge in [0, 0.05) is 19.1 Å². The maximum Gasteiger partial charge on any atom is 0.209 e. The van der Waals surface area contributed by atoms with Crippen LogP contribution in [0.3, 0.4) is 0 Å². The van der Waals surface area contributed by atoms with Crippen molar-refractivity contribution in [3.63, 3.8) is 0 Å². The predicted molar refractivity (Wildman–Crippen MR) is 77.8 cm³/mol. The maximum atomic E-state index is 11.4. The summed E-state index contributed by atoms with van der Waals surface area (Å²) in [6, 6.07) is 0.0858. The van der Waals surface area contributed by atoms with E-state index in [1.165, 1.54) is 17.6 Å². The van der Waals surface area contributed by atoms with Crippen LogP contribution in [0.4, 0.5) is 5.13 Å². The van der Waals surface area contributed by atoms with Crippen LogP contribution in [0.25, 0.3) is 0 Å². The molecule has 3 rings (SSSR count). The first kappa shape index (κ1) is 13.7. The minimum atomic E-state index is -3.13. The van der Waals surface area contributed by atoms with Gasteiger partial charge in [-0.05, 0) is 40.6 Å². The summed E-state index contributed by atoms with van der Waals surface area (Å²) in [6.45, 7) is 1.70. The van der Waals surface area contributed by atoms with E-state index >= 15 is 0 Å². The molecule has 0 aromatic carbocycles. The van der Waals surface area contributed by atoms with Crippen LogP contribution in [0.15, 0.2) is 3.92 Å². The van der Waals surface area contributed by atoms with Crippen LogP contribution in [0.2, 0.25) is 0 Å². The number of piperidine rings is 1. The number of nitrogens with one attached hydrogen (secondary N) is 1. The Hall–Kier alpha value is -0.250. The van der Waals surface area contributed by atoms with Gasteiger partial charge in [-0.25, -0.2) is 13.1 Å². The van der Waals surface area contributed by atoms with E-state index in [4.69, 9.17) is 0 Å². The van der Waals surface area contributed by atoms with Gasteiger partial charge < -0.3 is 4.90 Å².